The SMILES string of the molecule is O=P(O)(O)CC[C@H]1OC(Oc2cnc3ccccc3n2)[C@@H](O)[C@@H](O)[C@@H]1O. The number of rotatable bonds is 5. The molecule has 1 fully saturated rings. The van der Waals surface area contributed by atoms with Crippen molar-refractivity contribution in [1.29, 1.82) is 0 Å². The van der Waals surface area contributed by atoms with Crippen LogP contribution in [0.2, 0.25) is 0 Å². The van der Waals surface area contributed by atoms with Gasteiger partial charge in [-0.2, -0.15) is 0 Å². The Balaban J connectivity index is 1.75. The molecule has 11 heteroatoms. The minimum Gasteiger partial charge on any atom is -0.444 e. The number of aromatic nitrogens is 2. The number of para-hydroxylation sites is 2. The lowest BCUT2D eigenvalue weighted by Crippen LogP contribution is -2.59. The maximum absolute atomic E-state index is 11.0. The van der Waals surface area contributed by atoms with E-state index < -0.39 is 44.5 Å². The van der Waals surface area contributed by atoms with Crippen LogP contribution < -0.4 is 4.74 Å². The average Bonchev–Trinajstić information content (AvgIpc) is 2.60. The summed E-state index contributed by atoms with van der Waals surface area (Å²) in [5.74, 6) is 0.0325. The van der Waals surface area contributed by atoms with Gasteiger partial charge < -0.3 is 34.6 Å². The van der Waals surface area contributed by atoms with Gasteiger partial charge in [0.1, 0.15) is 18.3 Å². The zero-order valence-corrected chi connectivity index (χ0v) is 14.4. The second kappa shape index (κ2) is 7.53. The molecule has 1 aromatic heterocycles. The van der Waals surface area contributed by atoms with Crippen LogP contribution in [0, 0.1) is 0 Å². The number of hydrogen-bond acceptors (Lipinski definition) is 8. The Labute approximate surface area is 148 Å². The Hall–Kier alpha value is -1.65. The number of nitrogens with zero attached hydrogens (tertiary/aromatic N) is 2. The van der Waals surface area contributed by atoms with Crippen molar-refractivity contribution in [3.8, 4) is 5.88 Å². The highest BCUT2D eigenvalue weighted by molar-refractivity contribution is 7.51. The maximum atomic E-state index is 11.0. The summed E-state index contributed by atoms with van der Waals surface area (Å²) in [6.07, 6.45) is -6.66. The quantitative estimate of drug-likeness (QED) is 0.419. The number of hydrogen-bond donors (Lipinski definition) is 5. The maximum Gasteiger partial charge on any atom is 0.325 e. The Morgan fingerprint density at radius 2 is 1.77 bits per heavy atom. The monoisotopic (exact) mass is 386 g/mol. The molecule has 1 aliphatic rings. The fourth-order valence-corrected chi connectivity index (χ4v) is 3.25. The van der Waals surface area contributed by atoms with E-state index in [4.69, 9.17) is 19.3 Å². The lowest BCUT2D eigenvalue weighted by Gasteiger charge is -2.40. The first-order valence-electron chi connectivity index (χ1n) is 7.87. The van der Waals surface area contributed by atoms with Crippen molar-refractivity contribution < 1.29 is 39.1 Å². The number of benzene rings is 1. The van der Waals surface area contributed by atoms with Gasteiger partial charge in [0.15, 0.2) is 0 Å². The Bertz CT molecular complexity index is 815. The van der Waals surface area contributed by atoms with Crippen LogP contribution in [0.4, 0.5) is 0 Å². The van der Waals surface area contributed by atoms with Crippen molar-refractivity contribution in [1.82, 2.24) is 9.97 Å². The van der Waals surface area contributed by atoms with E-state index in [0.717, 1.165) is 0 Å². The smallest absolute Gasteiger partial charge is 0.325 e. The van der Waals surface area contributed by atoms with Crippen LogP contribution in [0.25, 0.3) is 11.0 Å². The standard InChI is InChI=1S/C15H19N2O8P/c18-12-10(5-6-26(21,22)23)24-15(14(20)13(12)19)25-11-7-16-8-3-1-2-4-9(8)17-11/h1-4,7,10,12-15,18-20H,5-6H2,(H2,21,22,23)/t10-,12-,13+,14+,15?/m1/s1. The summed E-state index contributed by atoms with van der Waals surface area (Å²) in [7, 11) is -4.31. The van der Waals surface area contributed by atoms with Crippen LogP contribution >= 0.6 is 7.60 Å². The van der Waals surface area contributed by atoms with E-state index in [0.29, 0.717) is 11.0 Å². The molecule has 2 aromatic rings. The van der Waals surface area contributed by atoms with Gasteiger partial charge in [-0.15, -0.1) is 0 Å². The van der Waals surface area contributed by atoms with Crippen molar-refractivity contribution >= 4 is 18.6 Å². The van der Waals surface area contributed by atoms with Gasteiger partial charge in [-0.1, -0.05) is 12.1 Å². The summed E-state index contributed by atoms with van der Waals surface area (Å²) in [6.45, 7) is 0. The topological polar surface area (TPSA) is 162 Å². The first kappa shape index (κ1) is 19.1. The van der Waals surface area contributed by atoms with Crippen molar-refractivity contribution in [2.24, 2.45) is 0 Å². The van der Waals surface area contributed by atoms with E-state index in [1.54, 1.807) is 24.3 Å². The Morgan fingerprint density at radius 1 is 1.08 bits per heavy atom. The van der Waals surface area contributed by atoms with Crippen LogP contribution in [0.15, 0.2) is 30.5 Å². The second-order valence-corrected chi connectivity index (χ2v) is 7.78. The summed E-state index contributed by atoms with van der Waals surface area (Å²) in [4.78, 5) is 26.3. The first-order chi connectivity index (χ1) is 12.2. The molecule has 1 unspecified atom stereocenters. The van der Waals surface area contributed by atoms with Gasteiger partial charge in [0, 0.05) is 0 Å². The number of fused-ring (bicyclic) bond motifs is 1. The summed E-state index contributed by atoms with van der Waals surface area (Å²) >= 11 is 0. The van der Waals surface area contributed by atoms with E-state index in [9.17, 15) is 19.9 Å². The Kier molecular flexibility index (Phi) is 5.54. The van der Waals surface area contributed by atoms with Crippen molar-refractivity contribution in [2.75, 3.05) is 6.16 Å². The molecule has 0 amide bonds. The van der Waals surface area contributed by atoms with E-state index in [1.807, 2.05) is 0 Å². The van der Waals surface area contributed by atoms with Crippen LogP contribution in [0.1, 0.15) is 6.42 Å². The van der Waals surface area contributed by atoms with E-state index in [1.165, 1.54) is 6.20 Å². The molecular weight excluding hydrogens is 367 g/mol. The third-order valence-corrected chi connectivity index (χ3v) is 4.88. The van der Waals surface area contributed by atoms with Gasteiger partial charge >= 0.3 is 7.60 Å². The van der Waals surface area contributed by atoms with Crippen molar-refractivity contribution in [3.05, 3.63) is 30.5 Å². The minimum absolute atomic E-state index is 0.0325. The zero-order valence-electron chi connectivity index (χ0n) is 13.5. The summed E-state index contributed by atoms with van der Waals surface area (Å²) in [6, 6.07) is 7.05. The van der Waals surface area contributed by atoms with Gasteiger partial charge in [0.2, 0.25) is 12.2 Å². The highest BCUT2D eigenvalue weighted by atomic mass is 31.2. The molecule has 26 heavy (non-hydrogen) atoms. The molecule has 5 atom stereocenters. The Morgan fingerprint density at radius 3 is 2.46 bits per heavy atom. The molecule has 0 aliphatic carbocycles. The van der Waals surface area contributed by atoms with E-state index >= 15 is 0 Å². The molecule has 3 rings (SSSR count). The molecule has 0 saturated carbocycles. The first-order valence-corrected chi connectivity index (χ1v) is 9.67. The predicted molar refractivity (Wildman–Crippen MR) is 88.4 cm³/mol. The van der Waals surface area contributed by atoms with Crippen LogP contribution in [0.5, 0.6) is 5.88 Å². The molecule has 1 aliphatic heterocycles. The molecular formula is C15H19N2O8P. The number of aliphatic hydroxyl groups excluding tert-OH is 3. The fraction of sp³-hybridized carbons (Fsp3) is 0.467. The molecule has 2 heterocycles. The van der Waals surface area contributed by atoms with E-state index in [2.05, 4.69) is 9.97 Å². The van der Waals surface area contributed by atoms with Gasteiger partial charge in [0.25, 0.3) is 0 Å². The third-order valence-electron chi connectivity index (χ3n) is 4.04. The summed E-state index contributed by atoms with van der Waals surface area (Å²) in [5.41, 5.74) is 1.19. The highest BCUT2D eigenvalue weighted by Crippen LogP contribution is 2.37. The average molecular weight is 386 g/mol. The lowest BCUT2D eigenvalue weighted by molar-refractivity contribution is -0.273. The number of ether oxygens (including phenoxy) is 2. The van der Waals surface area contributed by atoms with Crippen LogP contribution in [-0.4, -0.2) is 71.9 Å². The minimum atomic E-state index is -4.31. The molecule has 0 radical (unpaired) electrons. The normalized spacial score (nSPS) is 29.7. The summed E-state index contributed by atoms with van der Waals surface area (Å²) < 4.78 is 21.9. The van der Waals surface area contributed by atoms with E-state index in [-0.39, 0.29) is 12.3 Å². The van der Waals surface area contributed by atoms with Gasteiger partial charge in [-0.25, -0.2) is 9.97 Å². The lowest BCUT2D eigenvalue weighted by atomic mass is 9.97. The molecule has 142 valence electrons. The molecule has 10 nitrogen and oxygen atoms in total. The van der Waals surface area contributed by atoms with Gasteiger partial charge in [0.05, 0.1) is 29.5 Å². The summed E-state index contributed by atoms with van der Waals surface area (Å²) in [5, 5.41) is 30.0. The van der Waals surface area contributed by atoms with Crippen molar-refractivity contribution in [2.45, 2.75) is 37.1 Å². The highest BCUT2D eigenvalue weighted by Gasteiger charge is 2.45. The molecule has 1 saturated heterocycles. The third kappa shape index (κ3) is 4.36. The largest absolute Gasteiger partial charge is 0.444 e. The van der Waals surface area contributed by atoms with Crippen LogP contribution in [-0.2, 0) is 9.30 Å². The number of aliphatic hydroxyl groups is 3. The molecule has 0 bridgehead atoms. The molecule has 1 aromatic carbocycles. The van der Waals surface area contributed by atoms with Crippen LogP contribution in [0.3, 0.4) is 0 Å². The van der Waals surface area contributed by atoms with Gasteiger partial charge in [-0.3, -0.25) is 4.57 Å². The molecule has 5 N–H and O–H groups in total. The second-order valence-electron chi connectivity index (χ2n) is 6.01. The predicted octanol–water partition coefficient (Wildman–Crippen LogP) is -0.616. The molecule has 0 spiro atoms. The van der Waals surface area contributed by atoms with Gasteiger partial charge in [-0.05, 0) is 18.6 Å². The van der Waals surface area contributed by atoms with Crippen molar-refractivity contribution in [3.63, 3.8) is 0 Å². The zero-order chi connectivity index (χ0) is 18.9. The fourth-order valence-electron chi connectivity index (χ4n) is 2.66.